The third-order valence-corrected chi connectivity index (χ3v) is 6.41. The molecule has 0 bridgehead atoms. The molecule has 4 aromatic rings. The average Bonchev–Trinajstić information content (AvgIpc) is 3.23. The largest absolute Gasteiger partial charge is 0.416 e. The van der Waals surface area contributed by atoms with Gasteiger partial charge >= 0.3 is 6.18 Å². The first-order valence-electron chi connectivity index (χ1n) is 11.6. The Morgan fingerprint density at radius 2 is 1.89 bits per heavy atom. The highest BCUT2D eigenvalue weighted by Gasteiger charge is 2.31. The van der Waals surface area contributed by atoms with Gasteiger partial charge in [-0.05, 0) is 48.7 Å². The van der Waals surface area contributed by atoms with Crippen molar-refractivity contribution in [2.75, 3.05) is 11.1 Å². The monoisotopic (exact) mass is 521 g/mol. The van der Waals surface area contributed by atoms with Crippen LogP contribution in [0.25, 0.3) is 22.2 Å². The highest BCUT2D eigenvalue weighted by Crippen LogP contribution is 2.39. The number of fused-ring (bicyclic) bond motifs is 3. The van der Waals surface area contributed by atoms with Crippen molar-refractivity contribution in [1.82, 2.24) is 24.8 Å². The number of halogens is 3. The molecule has 1 unspecified atom stereocenters. The SMILES string of the molecule is C=CC(=O)NC1CCc2c(-c3ccc(C(=O)Nc4cc(C(F)(F)F)ccn4)cc3)c3c(N)ncnc3n2C1. The number of benzene rings is 1. The predicted molar refractivity (Wildman–Crippen MR) is 135 cm³/mol. The zero-order valence-electron chi connectivity index (χ0n) is 19.9. The molecule has 5 rings (SSSR count). The Kier molecular flexibility index (Phi) is 6.31. The summed E-state index contributed by atoms with van der Waals surface area (Å²) >= 11 is 0. The summed E-state index contributed by atoms with van der Waals surface area (Å²) in [4.78, 5) is 36.9. The van der Waals surface area contributed by atoms with E-state index in [1.807, 2.05) is 4.57 Å². The number of hydrogen-bond acceptors (Lipinski definition) is 6. The van der Waals surface area contributed by atoms with E-state index < -0.39 is 17.6 Å². The van der Waals surface area contributed by atoms with Gasteiger partial charge in [0.1, 0.15) is 23.6 Å². The smallest absolute Gasteiger partial charge is 0.383 e. The molecule has 4 heterocycles. The molecule has 0 saturated carbocycles. The minimum atomic E-state index is -4.55. The molecule has 0 spiro atoms. The number of nitrogens with two attached hydrogens (primary N) is 1. The fraction of sp³-hybridized carbons (Fsp3) is 0.192. The van der Waals surface area contributed by atoms with E-state index in [9.17, 15) is 22.8 Å². The topological polar surface area (TPSA) is 128 Å². The van der Waals surface area contributed by atoms with E-state index >= 15 is 0 Å². The lowest BCUT2D eigenvalue weighted by molar-refractivity contribution is -0.137. The van der Waals surface area contributed by atoms with E-state index in [-0.39, 0.29) is 23.3 Å². The summed E-state index contributed by atoms with van der Waals surface area (Å²) in [5.41, 5.74) is 8.79. The van der Waals surface area contributed by atoms with E-state index in [0.717, 1.165) is 35.2 Å². The second-order valence-electron chi connectivity index (χ2n) is 8.80. The van der Waals surface area contributed by atoms with Gasteiger partial charge in [0.05, 0.1) is 10.9 Å². The maximum Gasteiger partial charge on any atom is 0.416 e. The molecule has 3 aromatic heterocycles. The minimum Gasteiger partial charge on any atom is -0.383 e. The number of amides is 2. The fourth-order valence-electron chi connectivity index (χ4n) is 4.66. The number of rotatable bonds is 5. The van der Waals surface area contributed by atoms with Crippen LogP contribution in [-0.2, 0) is 23.9 Å². The van der Waals surface area contributed by atoms with Crippen molar-refractivity contribution in [2.24, 2.45) is 0 Å². The van der Waals surface area contributed by atoms with Crippen LogP contribution in [0, 0.1) is 0 Å². The van der Waals surface area contributed by atoms with Gasteiger partial charge in [-0.3, -0.25) is 9.59 Å². The van der Waals surface area contributed by atoms with Crippen LogP contribution in [0.4, 0.5) is 24.8 Å². The van der Waals surface area contributed by atoms with Crippen LogP contribution in [0.3, 0.4) is 0 Å². The molecule has 12 heteroatoms. The summed E-state index contributed by atoms with van der Waals surface area (Å²) in [5.74, 6) is -0.755. The summed E-state index contributed by atoms with van der Waals surface area (Å²) in [6, 6.07) is 8.12. The molecule has 0 fully saturated rings. The number of pyridine rings is 1. The Morgan fingerprint density at radius 3 is 2.61 bits per heavy atom. The number of nitrogen functional groups attached to an aromatic ring is 1. The number of hydrogen-bond donors (Lipinski definition) is 3. The molecule has 2 amide bonds. The summed E-state index contributed by atoms with van der Waals surface area (Å²) in [6.45, 7) is 3.99. The number of alkyl halides is 3. The summed E-state index contributed by atoms with van der Waals surface area (Å²) < 4.78 is 40.9. The lowest BCUT2D eigenvalue weighted by Crippen LogP contribution is -2.40. The third kappa shape index (κ3) is 4.67. The molecule has 0 saturated heterocycles. The van der Waals surface area contributed by atoms with Crippen molar-refractivity contribution in [3.05, 3.63) is 78.4 Å². The maximum atomic E-state index is 13.0. The quantitative estimate of drug-likeness (QED) is 0.341. The van der Waals surface area contributed by atoms with Crippen LogP contribution in [0.5, 0.6) is 0 Å². The second kappa shape index (κ2) is 9.61. The molecule has 4 N–H and O–H groups in total. The Hall–Kier alpha value is -4.74. The van der Waals surface area contributed by atoms with Crippen molar-refractivity contribution < 1.29 is 22.8 Å². The van der Waals surface area contributed by atoms with Gasteiger partial charge in [-0.1, -0.05) is 18.7 Å². The van der Waals surface area contributed by atoms with Gasteiger partial charge in [-0.15, -0.1) is 0 Å². The molecule has 1 aromatic carbocycles. The van der Waals surface area contributed by atoms with Crippen LogP contribution in [0.15, 0.2) is 61.6 Å². The van der Waals surface area contributed by atoms with E-state index in [1.165, 1.54) is 12.4 Å². The fourth-order valence-corrected chi connectivity index (χ4v) is 4.66. The molecule has 9 nitrogen and oxygen atoms in total. The number of anilines is 2. The van der Waals surface area contributed by atoms with Crippen LogP contribution < -0.4 is 16.4 Å². The maximum absolute atomic E-state index is 13.0. The van der Waals surface area contributed by atoms with Gasteiger partial charge in [-0.25, -0.2) is 15.0 Å². The Labute approximate surface area is 214 Å². The Bertz CT molecular complexity index is 1560. The van der Waals surface area contributed by atoms with Crippen LogP contribution in [0.2, 0.25) is 0 Å². The number of nitrogens with zero attached hydrogens (tertiary/aromatic N) is 4. The number of aromatic nitrogens is 4. The number of carbonyl (C=O) groups excluding carboxylic acids is 2. The zero-order chi connectivity index (χ0) is 27.0. The van der Waals surface area contributed by atoms with Gasteiger partial charge in [0.25, 0.3) is 5.91 Å². The lowest BCUT2D eigenvalue weighted by Gasteiger charge is -2.26. The van der Waals surface area contributed by atoms with Crippen molar-refractivity contribution in [2.45, 2.75) is 31.6 Å². The van der Waals surface area contributed by atoms with E-state index in [2.05, 4.69) is 32.2 Å². The van der Waals surface area contributed by atoms with Crippen LogP contribution in [-0.4, -0.2) is 37.4 Å². The van der Waals surface area contributed by atoms with E-state index in [1.54, 1.807) is 24.3 Å². The molecule has 1 aliphatic heterocycles. The Morgan fingerprint density at radius 1 is 1.13 bits per heavy atom. The van der Waals surface area contributed by atoms with E-state index in [4.69, 9.17) is 5.73 Å². The highest BCUT2D eigenvalue weighted by atomic mass is 19.4. The minimum absolute atomic E-state index is 0.108. The Balaban J connectivity index is 1.45. The number of carbonyl (C=O) groups is 2. The molecule has 38 heavy (non-hydrogen) atoms. The van der Waals surface area contributed by atoms with Gasteiger partial charge in [-0.2, -0.15) is 13.2 Å². The van der Waals surface area contributed by atoms with Gasteiger partial charge < -0.3 is 20.9 Å². The van der Waals surface area contributed by atoms with Crippen molar-refractivity contribution >= 4 is 34.5 Å². The van der Waals surface area contributed by atoms with Gasteiger partial charge in [0.15, 0.2) is 0 Å². The summed E-state index contributed by atoms with van der Waals surface area (Å²) in [5, 5.41) is 6.00. The first-order valence-corrected chi connectivity index (χ1v) is 11.6. The van der Waals surface area contributed by atoms with Crippen molar-refractivity contribution in [3.8, 4) is 11.1 Å². The van der Waals surface area contributed by atoms with Crippen molar-refractivity contribution in [3.63, 3.8) is 0 Å². The molecule has 0 aliphatic carbocycles. The number of nitrogens with one attached hydrogen (secondary N) is 2. The highest BCUT2D eigenvalue weighted by molar-refractivity contribution is 6.05. The van der Waals surface area contributed by atoms with Crippen molar-refractivity contribution in [1.29, 1.82) is 0 Å². The molecule has 194 valence electrons. The van der Waals surface area contributed by atoms with Gasteiger partial charge in [0.2, 0.25) is 5.91 Å². The molecule has 1 aliphatic rings. The van der Waals surface area contributed by atoms with E-state index in [0.29, 0.717) is 36.2 Å². The third-order valence-electron chi connectivity index (χ3n) is 6.41. The lowest BCUT2D eigenvalue weighted by atomic mass is 9.96. The van der Waals surface area contributed by atoms with Crippen LogP contribution in [0.1, 0.15) is 28.0 Å². The summed E-state index contributed by atoms with van der Waals surface area (Å²) in [6.07, 6.45) is 0.387. The van der Waals surface area contributed by atoms with Gasteiger partial charge in [0, 0.05) is 35.6 Å². The zero-order valence-corrected chi connectivity index (χ0v) is 19.9. The standard InChI is InChI=1S/C26H22F3N7O2/c1-2-20(37)34-17-7-8-18-21(22-23(30)32-13-33-24(22)36(18)12-17)14-3-5-15(6-4-14)25(38)35-19-11-16(9-10-31-19)26(27,28)29/h2-6,9-11,13,17H,1,7-8,12H2,(H,34,37)(H2,30,32,33)(H,31,35,38). The molecule has 0 radical (unpaired) electrons. The van der Waals surface area contributed by atoms with Crippen LogP contribution >= 0.6 is 0 Å². The first-order chi connectivity index (χ1) is 18.2. The molecule has 1 atom stereocenters. The summed E-state index contributed by atoms with van der Waals surface area (Å²) in [7, 11) is 0. The predicted octanol–water partition coefficient (Wildman–Crippen LogP) is 3.96. The second-order valence-corrected chi connectivity index (χ2v) is 8.80. The normalized spacial score (nSPS) is 15.1. The molecular weight excluding hydrogens is 499 g/mol. The molecular formula is C26H22F3N7O2. The first kappa shape index (κ1) is 24.9. The average molecular weight is 522 g/mol.